The van der Waals surface area contributed by atoms with Crippen molar-refractivity contribution in [1.82, 2.24) is 0 Å². The van der Waals surface area contributed by atoms with Crippen LogP contribution in [0.3, 0.4) is 0 Å². The molecule has 0 aliphatic carbocycles. The fourth-order valence-corrected chi connectivity index (χ4v) is 1.64. The largest absolute Gasteiger partial charge is 0.507 e. The Morgan fingerprint density at radius 2 is 1.78 bits per heavy atom. The number of benzene rings is 2. The number of carbonyl (C=O) groups excluding carboxylic acids is 1. The van der Waals surface area contributed by atoms with Crippen molar-refractivity contribution in [3.63, 3.8) is 0 Å². The van der Waals surface area contributed by atoms with Crippen LogP contribution in [0, 0.1) is 0 Å². The zero-order valence-corrected chi connectivity index (χ0v) is 9.98. The second-order valence-electron chi connectivity index (χ2n) is 3.63. The van der Waals surface area contributed by atoms with Gasteiger partial charge < -0.3 is 15.5 Å². The van der Waals surface area contributed by atoms with Crippen LogP contribution in [-0.2, 0) is 0 Å². The Balaban J connectivity index is 2.27. The summed E-state index contributed by atoms with van der Waals surface area (Å²) >= 11 is 5.77. The monoisotopic (exact) mass is 263 g/mol. The predicted octanol–water partition coefficient (Wildman–Crippen LogP) is 3.00. The van der Waals surface area contributed by atoms with E-state index >= 15 is 0 Å². The summed E-state index contributed by atoms with van der Waals surface area (Å²) in [6.45, 7) is 0. The molecule has 0 unspecified atom stereocenters. The Bertz CT molecular complexity index is 599. The third-order valence-electron chi connectivity index (χ3n) is 2.36. The second kappa shape index (κ2) is 4.98. The Kier molecular flexibility index (Phi) is 3.39. The molecule has 2 rings (SSSR count). The summed E-state index contributed by atoms with van der Waals surface area (Å²) in [5.41, 5.74) is 0.313. The molecule has 0 radical (unpaired) electrons. The summed E-state index contributed by atoms with van der Waals surface area (Å²) in [4.78, 5) is 11.9. The minimum atomic E-state index is -0.523. The van der Waals surface area contributed by atoms with E-state index in [1.165, 1.54) is 30.3 Å². The molecular formula is C13H10ClNO3. The Labute approximate surface area is 108 Å². The van der Waals surface area contributed by atoms with Crippen molar-refractivity contribution in [3.05, 3.63) is 53.1 Å². The summed E-state index contributed by atoms with van der Waals surface area (Å²) in [6, 6.07) is 10.4. The van der Waals surface area contributed by atoms with Crippen molar-refractivity contribution in [1.29, 1.82) is 0 Å². The standard InChI is InChI=1S/C13H10ClNO3/c14-8-5-6-12(17)10(7-8)15-13(18)9-3-1-2-4-11(9)16/h1-7,16-17H,(H,15,18). The van der Waals surface area contributed by atoms with Gasteiger partial charge in [0.2, 0.25) is 0 Å². The van der Waals surface area contributed by atoms with Crippen molar-refractivity contribution in [2.24, 2.45) is 0 Å². The third-order valence-corrected chi connectivity index (χ3v) is 2.59. The number of phenolic OH excluding ortho intramolecular Hbond substituents is 2. The van der Waals surface area contributed by atoms with Crippen molar-refractivity contribution in [2.75, 3.05) is 5.32 Å². The van der Waals surface area contributed by atoms with Gasteiger partial charge in [0.05, 0.1) is 11.3 Å². The predicted molar refractivity (Wildman–Crippen MR) is 69.2 cm³/mol. The van der Waals surface area contributed by atoms with Crippen LogP contribution in [-0.4, -0.2) is 16.1 Å². The number of anilines is 1. The average molecular weight is 264 g/mol. The number of para-hydroxylation sites is 1. The number of aromatic hydroxyl groups is 2. The summed E-state index contributed by atoms with van der Waals surface area (Å²) in [7, 11) is 0. The molecule has 4 nitrogen and oxygen atoms in total. The van der Waals surface area contributed by atoms with Crippen LogP contribution in [0.5, 0.6) is 11.5 Å². The zero-order valence-electron chi connectivity index (χ0n) is 9.22. The molecule has 0 fully saturated rings. The zero-order chi connectivity index (χ0) is 13.1. The van der Waals surface area contributed by atoms with Gasteiger partial charge in [-0.1, -0.05) is 23.7 Å². The minimum absolute atomic E-state index is 0.0943. The number of amides is 1. The van der Waals surface area contributed by atoms with Crippen LogP contribution in [0.15, 0.2) is 42.5 Å². The molecule has 2 aromatic rings. The molecule has 3 N–H and O–H groups in total. The molecule has 0 aromatic heterocycles. The third kappa shape index (κ3) is 2.55. The van der Waals surface area contributed by atoms with E-state index in [0.29, 0.717) is 5.02 Å². The maximum atomic E-state index is 11.9. The van der Waals surface area contributed by atoms with Gasteiger partial charge in [0, 0.05) is 5.02 Å². The lowest BCUT2D eigenvalue weighted by atomic mass is 10.2. The van der Waals surface area contributed by atoms with Crippen LogP contribution >= 0.6 is 11.6 Å². The van der Waals surface area contributed by atoms with Gasteiger partial charge >= 0.3 is 0 Å². The molecular weight excluding hydrogens is 254 g/mol. The average Bonchev–Trinajstić information content (AvgIpc) is 2.34. The van der Waals surface area contributed by atoms with E-state index in [4.69, 9.17) is 11.6 Å². The SMILES string of the molecule is O=C(Nc1cc(Cl)ccc1O)c1ccccc1O. The fraction of sp³-hybridized carbons (Fsp3) is 0. The first-order valence-corrected chi connectivity index (χ1v) is 5.53. The first-order chi connectivity index (χ1) is 8.58. The lowest BCUT2D eigenvalue weighted by molar-refractivity contribution is 0.102. The number of hydrogen-bond donors (Lipinski definition) is 3. The highest BCUT2D eigenvalue weighted by Crippen LogP contribution is 2.27. The fourth-order valence-electron chi connectivity index (χ4n) is 1.46. The van der Waals surface area contributed by atoms with Crippen LogP contribution in [0.2, 0.25) is 5.02 Å². The van der Waals surface area contributed by atoms with Gasteiger partial charge in [-0.3, -0.25) is 4.79 Å². The van der Waals surface area contributed by atoms with Crippen molar-refractivity contribution >= 4 is 23.2 Å². The number of nitrogens with one attached hydrogen (secondary N) is 1. The Morgan fingerprint density at radius 1 is 1.06 bits per heavy atom. The van der Waals surface area contributed by atoms with Gasteiger partial charge in [0.15, 0.2) is 0 Å². The van der Waals surface area contributed by atoms with Gasteiger partial charge in [0.25, 0.3) is 5.91 Å². The summed E-state index contributed by atoms with van der Waals surface area (Å²) in [5.74, 6) is -0.745. The van der Waals surface area contributed by atoms with E-state index in [0.717, 1.165) is 0 Å². The van der Waals surface area contributed by atoms with Gasteiger partial charge in [-0.2, -0.15) is 0 Å². The number of phenols is 2. The van der Waals surface area contributed by atoms with Crippen molar-refractivity contribution < 1.29 is 15.0 Å². The molecule has 0 bridgehead atoms. The van der Waals surface area contributed by atoms with Gasteiger partial charge in [-0.15, -0.1) is 0 Å². The minimum Gasteiger partial charge on any atom is -0.507 e. The Hall–Kier alpha value is -2.20. The number of rotatable bonds is 2. The van der Waals surface area contributed by atoms with Crippen molar-refractivity contribution in [2.45, 2.75) is 0 Å². The molecule has 2 aromatic carbocycles. The van der Waals surface area contributed by atoms with E-state index in [9.17, 15) is 15.0 Å². The quantitative estimate of drug-likeness (QED) is 0.730. The topological polar surface area (TPSA) is 69.6 Å². The van der Waals surface area contributed by atoms with E-state index < -0.39 is 5.91 Å². The van der Waals surface area contributed by atoms with Gasteiger partial charge in [-0.25, -0.2) is 0 Å². The first-order valence-electron chi connectivity index (χ1n) is 5.16. The smallest absolute Gasteiger partial charge is 0.259 e. The molecule has 0 atom stereocenters. The molecule has 0 heterocycles. The van der Waals surface area contributed by atoms with Gasteiger partial charge in [0.1, 0.15) is 11.5 Å². The molecule has 0 aliphatic rings. The molecule has 5 heteroatoms. The molecule has 0 saturated heterocycles. The van der Waals surface area contributed by atoms with Crippen molar-refractivity contribution in [3.8, 4) is 11.5 Å². The van der Waals surface area contributed by atoms with E-state index in [1.54, 1.807) is 12.1 Å². The van der Waals surface area contributed by atoms with Crippen LogP contribution in [0.1, 0.15) is 10.4 Å². The highest BCUT2D eigenvalue weighted by molar-refractivity contribution is 6.31. The van der Waals surface area contributed by atoms with Crippen LogP contribution in [0.4, 0.5) is 5.69 Å². The number of carbonyl (C=O) groups is 1. The molecule has 0 aliphatic heterocycles. The maximum Gasteiger partial charge on any atom is 0.259 e. The molecule has 0 saturated carbocycles. The number of hydrogen-bond acceptors (Lipinski definition) is 3. The first kappa shape index (κ1) is 12.3. The lowest BCUT2D eigenvalue weighted by Gasteiger charge is -2.08. The summed E-state index contributed by atoms with van der Waals surface area (Å²) < 4.78 is 0. The normalized spacial score (nSPS) is 10.1. The van der Waals surface area contributed by atoms with E-state index in [1.807, 2.05) is 0 Å². The Morgan fingerprint density at radius 3 is 2.50 bits per heavy atom. The maximum absolute atomic E-state index is 11.9. The van der Waals surface area contributed by atoms with E-state index in [-0.39, 0.29) is 22.7 Å². The molecule has 1 amide bonds. The molecule has 92 valence electrons. The lowest BCUT2D eigenvalue weighted by Crippen LogP contribution is -2.12. The van der Waals surface area contributed by atoms with Gasteiger partial charge in [-0.05, 0) is 30.3 Å². The highest BCUT2D eigenvalue weighted by Gasteiger charge is 2.12. The number of halogens is 1. The molecule has 18 heavy (non-hydrogen) atoms. The summed E-state index contributed by atoms with van der Waals surface area (Å²) in [5, 5.41) is 22.0. The van der Waals surface area contributed by atoms with Crippen LogP contribution in [0.25, 0.3) is 0 Å². The molecule has 0 spiro atoms. The van der Waals surface area contributed by atoms with Crippen LogP contribution < -0.4 is 5.32 Å². The second-order valence-corrected chi connectivity index (χ2v) is 4.07. The van der Waals surface area contributed by atoms with E-state index in [2.05, 4.69) is 5.32 Å². The highest BCUT2D eigenvalue weighted by atomic mass is 35.5. The summed E-state index contributed by atoms with van der Waals surface area (Å²) in [6.07, 6.45) is 0.